The Morgan fingerprint density at radius 3 is 1.87 bits per heavy atom. The molecular formula is C8H15F5N2. The summed E-state index contributed by atoms with van der Waals surface area (Å²) in [6, 6.07) is 0. The zero-order valence-corrected chi connectivity index (χ0v) is 8.43. The zero-order chi connectivity index (χ0) is 11.9. The van der Waals surface area contributed by atoms with Crippen LogP contribution in [-0.2, 0) is 0 Å². The summed E-state index contributed by atoms with van der Waals surface area (Å²) in [4.78, 5) is 0. The summed E-state index contributed by atoms with van der Waals surface area (Å²) in [5.41, 5.74) is 0. The predicted octanol–water partition coefficient (Wildman–Crippen LogP) is 1.77. The van der Waals surface area contributed by atoms with E-state index in [4.69, 9.17) is 0 Å². The van der Waals surface area contributed by atoms with E-state index in [1.807, 2.05) is 6.92 Å². The lowest BCUT2D eigenvalue weighted by Gasteiger charge is -2.19. The summed E-state index contributed by atoms with van der Waals surface area (Å²) >= 11 is 0. The van der Waals surface area contributed by atoms with Crippen LogP contribution in [0.5, 0.6) is 0 Å². The van der Waals surface area contributed by atoms with Crippen molar-refractivity contribution in [2.24, 2.45) is 0 Å². The molecule has 0 unspecified atom stereocenters. The second kappa shape index (κ2) is 6.22. The van der Waals surface area contributed by atoms with Gasteiger partial charge in [-0.1, -0.05) is 6.92 Å². The molecule has 0 saturated heterocycles. The Bertz CT molecular complexity index is 169. The normalized spacial score (nSPS) is 13.2. The van der Waals surface area contributed by atoms with Gasteiger partial charge in [0.1, 0.15) is 0 Å². The van der Waals surface area contributed by atoms with Gasteiger partial charge in [-0.25, -0.2) is 0 Å². The summed E-state index contributed by atoms with van der Waals surface area (Å²) in [6.45, 7) is 1.74. The third-order valence-electron chi connectivity index (χ3n) is 1.67. The van der Waals surface area contributed by atoms with Crippen molar-refractivity contribution in [3.63, 3.8) is 0 Å². The quantitative estimate of drug-likeness (QED) is 0.518. The van der Waals surface area contributed by atoms with Gasteiger partial charge >= 0.3 is 12.1 Å². The maximum absolute atomic E-state index is 12.3. The molecule has 0 aromatic carbocycles. The molecule has 0 spiro atoms. The molecule has 2 N–H and O–H groups in total. The molecule has 0 atom stereocenters. The molecule has 0 amide bonds. The first kappa shape index (κ1) is 14.6. The van der Waals surface area contributed by atoms with Crippen molar-refractivity contribution in [2.75, 3.05) is 26.2 Å². The van der Waals surface area contributed by atoms with E-state index >= 15 is 0 Å². The number of alkyl halides is 5. The summed E-state index contributed by atoms with van der Waals surface area (Å²) in [5, 5.41) is 4.93. The minimum Gasteiger partial charge on any atom is -0.315 e. The average molecular weight is 234 g/mol. The second-order valence-corrected chi connectivity index (χ2v) is 3.13. The predicted molar refractivity (Wildman–Crippen MR) is 47.0 cm³/mol. The first-order valence-electron chi connectivity index (χ1n) is 4.67. The molecule has 15 heavy (non-hydrogen) atoms. The third kappa shape index (κ3) is 5.88. The topological polar surface area (TPSA) is 24.1 Å². The van der Waals surface area contributed by atoms with Crippen LogP contribution in [-0.4, -0.2) is 38.3 Å². The van der Waals surface area contributed by atoms with Crippen LogP contribution in [0.1, 0.15) is 13.3 Å². The van der Waals surface area contributed by atoms with Crippen LogP contribution in [0.25, 0.3) is 0 Å². The van der Waals surface area contributed by atoms with E-state index in [-0.39, 0.29) is 6.54 Å². The Kier molecular flexibility index (Phi) is 6.04. The van der Waals surface area contributed by atoms with Gasteiger partial charge in [-0.3, -0.25) is 0 Å². The van der Waals surface area contributed by atoms with E-state index in [0.29, 0.717) is 6.54 Å². The molecule has 0 aromatic rings. The van der Waals surface area contributed by atoms with Gasteiger partial charge in [0.05, 0.1) is 6.54 Å². The van der Waals surface area contributed by atoms with Crippen LogP contribution >= 0.6 is 0 Å². The standard InChI is InChI=1S/C8H15F5N2/c1-2-3-14-4-5-15-6-7(9,10)8(11,12)13/h14-15H,2-6H2,1H3. The molecule has 7 heteroatoms. The lowest BCUT2D eigenvalue weighted by atomic mass is 10.3. The van der Waals surface area contributed by atoms with Crippen molar-refractivity contribution in [3.05, 3.63) is 0 Å². The second-order valence-electron chi connectivity index (χ2n) is 3.13. The monoisotopic (exact) mass is 234 g/mol. The van der Waals surface area contributed by atoms with Gasteiger partial charge in [0.2, 0.25) is 0 Å². The molecule has 0 aliphatic heterocycles. The molecule has 2 nitrogen and oxygen atoms in total. The highest BCUT2D eigenvalue weighted by Gasteiger charge is 2.56. The van der Waals surface area contributed by atoms with Crippen molar-refractivity contribution in [1.29, 1.82) is 0 Å². The Morgan fingerprint density at radius 2 is 1.40 bits per heavy atom. The Hall–Kier alpha value is -0.430. The fourth-order valence-electron chi connectivity index (χ4n) is 0.824. The van der Waals surface area contributed by atoms with E-state index in [9.17, 15) is 22.0 Å². The minimum absolute atomic E-state index is 0.0890. The Morgan fingerprint density at radius 1 is 0.867 bits per heavy atom. The maximum Gasteiger partial charge on any atom is 0.454 e. The fourth-order valence-corrected chi connectivity index (χ4v) is 0.824. The van der Waals surface area contributed by atoms with E-state index in [1.54, 1.807) is 0 Å². The minimum atomic E-state index is -5.48. The lowest BCUT2D eigenvalue weighted by Crippen LogP contribution is -2.46. The van der Waals surface area contributed by atoms with Gasteiger partial charge in [0.15, 0.2) is 0 Å². The van der Waals surface area contributed by atoms with Crippen LogP contribution in [0.15, 0.2) is 0 Å². The van der Waals surface area contributed by atoms with Crippen molar-refractivity contribution in [1.82, 2.24) is 10.6 Å². The molecule has 0 fully saturated rings. The van der Waals surface area contributed by atoms with Crippen LogP contribution in [0.2, 0.25) is 0 Å². The number of hydrogen-bond donors (Lipinski definition) is 2. The van der Waals surface area contributed by atoms with Crippen molar-refractivity contribution >= 4 is 0 Å². The van der Waals surface area contributed by atoms with Gasteiger partial charge in [-0.2, -0.15) is 22.0 Å². The smallest absolute Gasteiger partial charge is 0.315 e. The van der Waals surface area contributed by atoms with Gasteiger partial charge in [-0.05, 0) is 13.0 Å². The Balaban J connectivity index is 3.58. The number of nitrogens with one attached hydrogen (secondary N) is 2. The summed E-state index contributed by atoms with van der Waals surface area (Å²) in [5.74, 6) is -4.66. The van der Waals surface area contributed by atoms with Crippen LogP contribution in [0.4, 0.5) is 22.0 Å². The van der Waals surface area contributed by atoms with E-state index < -0.39 is 18.6 Å². The number of rotatable bonds is 7. The summed E-state index contributed by atoms with van der Waals surface area (Å²) in [7, 11) is 0. The number of halogens is 5. The van der Waals surface area contributed by atoms with E-state index in [0.717, 1.165) is 13.0 Å². The van der Waals surface area contributed by atoms with Crippen molar-refractivity contribution in [2.45, 2.75) is 25.4 Å². The van der Waals surface area contributed by atoms with Crippen molar-refractivity contribution < 1.29 is 22.0 Å². The van der Waals surface area contributed by atoms with Crippen LogP contribution < -0.4 is 10.6 Å². The maximum atomic E-state index is 12.3. The fraction of sp³-hybridized carbons (Fsp3) is 1.00. The molecule has 0 aliphatic rings. The molecular weight excluding hydrogens is 219 g/mol. The SMILES string of the molecule is CCCNCCNCC(F)(F)C(F)(F)F. The zero-order valence-electron chi connectivity index (χ0n) is 8.43. The molecule has 0 aliphatic carbocycles. The van der Waals surface area contributed by atoms with Crippen LogP contribution in [0, 0.1) is 0 Å². The summed E-state index contributed by atoms with van der Waals surface area (Å²) < 4.78 is 59.6. The number of hydrogen-bond acceptors (Lipinski definition) is 2. The van der Waals surface area contributed by atoms with Crippen LogP contribution in [0.3, 0.4) is 0 Å². The average Bonchev–Trinajstić information content (AvgIpc) is 2.09. The lowest BCUT2D eigenvalue weighted by molar-refractivity contribution is -0.279. The Labute approximate surface area is 85.2 Å². The van der Waals surface area contributed by atoms with Crippen molar-refractivity contribution in [3.8, 4) is 0 Å². The van der Waals surface area contributed by atoms with E-state index in [1.165, 1.54) is 0 Å². The first-order chi connectivity index (χ1) is 6.81. The first-order valence-corrected chi connectivity index (χ1v) is 4.67. The molecule has 0 saturated carbocycles. The molecule has 0 radical (unpaired) electrons. The van der Waals surface area contributed by atoms with Gasteiger partial charge in [-0.15, -0.1) is 0 Å². The molecule has 0 rings (SSSR count). The van der Waals surface area contributed by atoms with Gasteiger partial charge in [0.25, 0.3) is 0 Å². The summed E-state index contributed by atoms with van der Waals surface area (Å²) in [6.07, 6.45) is -4.59. The molecule has 0 aromatic heterocycles. The van der Waals surface area contributed by atoms with Gasteiger partial charge < -0.3 is 10.6 Å². The largest absolute Gasteiger partial charge is 0.454 e. The van der Waals surface area contributed by atoms with Gasteiger partial charge in [0, 0.05) is 13.1 Å². The third-order valence-corrected chi connectivity index (χ3v) is 1.67. The highest BCUT2D eigenvalue weighted by Crippen LogP contribution is 2.34. The molecule has 0 heterocycles. The van der Waals surface area contributed by atoms with E-state index in [2.05, 4.69) is 10.6 Å². The highest BCUT2D eigenvalue weighted by molar-refractivity contribution is 4.78. The highest BCUT2D eigenvalue weighted by atomic mass is 19.4. The molecule has 0 bridgehead atoms. The molecule has 92 valence electrons.